The Morgan fingerprint density at radius 1 is 1.07 bits per heavy atom. The van der Waals surface area contributed by atoms with Gasteiger partial charge in [-0.25, -0.2) is 9.07 Å². The van der Waals surface area contributed by atoms with Gasteiger partial charge in [0.15, 0.2) is 5.82 Å². The summed E-state index contributed by atoms with van der Waals surface area (Å²) in [6.07, 6.45) is 5.90. The van der Waals surface area contributed by atoms with E-state index in [1.165, 1.54) is 18.3 Å². The Kier molecular flexibility index (Phi) is 5.61. The standard InChI is InChI=1S/C23H21FN4O2/c1-30-20-10-4-17(5-11-20)12-13-25-22(29)21-16-26-28(19-8-6-18(24)7-9-19)23(21)27-14-2-3-15-27/h2-11,14-16H,12-13H2,1H3,(H,25,29). The maximum absolute atomic E-state index is 13.3. The molecule has 0 aliphatic rings. The van der Waals surface area contributed by atoms with Crippen LogP contribution in [0.15, 0.2) is 79.3 Å². The SMILES string of the molecule is COc1ccc(CCNC(=O)c2cnn(-c3ccc(F)cc3)c2-n2cccc2)cc1. The number of aromatic nitrogens is 3. The van der Waals surface area contributed by atoms with Gasteiger partial charge in [0.25, 0.3) is 5.91 Å². The van der Waals surface area contributed by atoms with E-state index in [0.29, 0.717) is 30.0 Å². The van der Waals surface area contributed by atoms with Gasteiger partial charge in [0, 0.05) is 18.9 Å². The minimum absolute atomic E-state index is 0.222. The van der Waals surface area contributed by atoms with Gasteiger partial charge in [-0.2, -0.15) is 5.10 Å². The third-order valence-electron chi connectivity index (χ3n) is 4.77. The van der Waals surface area contributed by atoms with Gasteiger partial charge in [0.05, 0.1) is 19.0 Å². The van der Waals surface area contributed by atoms with E-state index in [0.717, 1.165) is 11.3 Å². The van der Waals surface area contributed by atoms with E-state index < -0.39 is 0 Å². The molecule has 6 nitrogen and oxygen atoms in total. The highest BCUT2D eigenvalue weighted by Crippen LogP contribution is 2.20. The zero-order valence-electron chi connectivity index (χ0n) is 16.5. The number of carbonyl (C=O) groups excluding carboxylic acids is 1. The van der Waals surface area contributed by atoms with Crippen molar-refractivity contribution in [3.8, 4) is 17.3 Å². The highest BCUT2D eigenvalue weighted by atomic mass is 19.1. The lowest BCUT2D eigenvalue weighted by Crippen LogP contribution is -2.26. The van der Waals surface area contributed by atoms with Crippen molar-refractivity contribution in [1.29, 1.82) is 0 Å². The molecule has 0 aliphatic carbocycles. The molecule has 1 N–H and O–H groups in total. The molecular weight excluding hydrogens is 383 g/mol. The topological polar surface area (TPSA) is 61.1 Å². The summed E-state index contributed by atoms with van der Waals surface area (Å²) >= 11 is 0. The fourth-order valence-corrected chi connectivity index (χ4v) is 3.21. The van der Waals surface area contributed by atoms with Crippen LogP contribution in [0, 0.1) is 5.82 Å². The lowest BCUT2D eigenvalue weighted by Gasteiger charge is -2.11. The van der Waals surface area contributed by atoms with Crippen LogP contribution in [0.5, 0.6) is 5.75 Å². The summed E-state index contributed by atoms with van der Waals surface area (Å²) in [6.45, 7) is 0.484. The first-order valence-electron chi connectivity index (χ1n) is 9.54. The van der Waals surface area contributed by atoms with E-state index >= 15 is 0 Å². The van der Waals surface area contributed by atoms with Crippen LogP contribution >= 0.6 is 0 Å². The van der Waals surface area contributed by atoms with Crippen LogP contribution in [0.1, 0.15) is 15.9 Å². The van der Waals surface area contributed by atoms with Gasteiger partial charge in [-0.05, 0) is 60.5 Å². The second-order valence-electron chi connectivity index (χ2n) is 6.71. The highest BCUT2D eigenvalue weighted by Gasteiger charge is 2.19. The fraction of sp³-hybridized carbons (Fsp3) is 0.130. The molecule has 4 rings (SSSR count). The van der Waals surface area contributed by atoms with Gasteiger partial charge >= 0.3 is 0 Å². The third-order valence-corrected chi connectivity index (χ3v) is 4.77. The van der Waals surface area contributed by atoms with E-state index in [1.807, 2.05) is 53.4 Å². The number of hydrogen-bond acceptors (Lipinski definition) is 3. The van der Waals surface area contributed by atoms with Gasteiger partial charge in [0.1, 0.15) is 17.1 Å². The molecule has 4 aromatic rings. The number of nitrogens with one attached hydrogen (secondary N) is 1. The van der Waals surface area contributed by atoms with Gasteiger partial charge in [-0.3, -0.25) is 4.79 Å². The Morgan fingerprint density at radius 2 is 1.77 bits per heavy atom. The molecule has 2 aromatic carbocycles. The number of methoxy groups -OCH3 is 1. The Bertz CT molecular complexity index is 1120. The molecule has 0 saturated carbocycles. The fourth-order valence-electron chi connectivity index (χ4n) is 3.21. The molecule has 0 unspecified atom stereocenters. The summed E-state index contributed by atoms with van der Waals surface area (Å²) in [4.78, 5) is 12.9. The number of rotatable bonds is 7. The average molecular weight is 404 g/mol. The molecule has 0 radical (unpaired) electrons. The number of benzene rings is 2. The van der Waals surface area contributed by atoms with Gasteiger partial charge < -0.3 is 14.6 Å². The highest BCUT2D eigenvalue weighted by molar-refractivity contribution is 5.97. The first-order valence-corrected chi connectivity index (χ1v) is 9.54. The number of halogens is 1. The van der Waals surface area contributed by atoms with Crippen LogP contribution in [-0.4, -0.2) is 33.9 Å². The molecule has 0 aliphatic heterocycles. The summed E-state index contributed by atoms with van der Waals surface area (Å²) in [6, 6.07) is 17.5. The van der Waals surface area contributed by atoms with Crippen molar-refractivity contribution in [2.45, 2.75) is 6.42 Å². The number of nitrogens with zero attached hydrogens (tertiary/aromatic N) is 3. The minimum Gasteiger partial charge on any atom is -0.497 e. The van der Waals surface area contributed by atoms with E-state index in [-0.39, 0.29) is 11.7 Å². The number of amides is 1. The van der Waals surface area contributed by atoms with Crippen molar-refractivity contribution in [2.24, 2.45) is 0 Å². The molecule has 152 valence electrons. The molecule has 7 heteroatoms. The first kappa shape index (κ1) is 19.4. The molecule has 2 aromatic heterocycles. The Labute approximate surface area is 173 Å². The van der Waals surface area contributed by atoms with Crippen molar-refractivity contribution in [3.05, 3.63) is 96.2 Å². The van der Waals surface area contributed by atoms with Crippen LogP contribution in [-0.2, 0) is 6.42 Å². The van der Waals surface area contributed by atoms with Crippen LogP contribution < -0.4 is 10.1 Å². The number of ether oxygens (including phenoxy) is 1. The van der Waals surface area contributed by atoms with E-state index in [1.54, 1.807) is 23.9 Å². The molecular formula is C23H21FN4O2. The number of carbonyl (C=O) groups is 1. The van der Waals surface area contributed by atoms with Crippen molar-refractivity contribution in [3.63, 3.8) is 0 Å². The van der Waals surface area contributed by atoms with Gasteiger partial charge in [-0.15, -0.1) is 0 Å². The van der Waals surface area contributed by atoms with Gasteiger partial charge in [-0.1, -0.05) is 12.1 Å². The van der Waals surface area contributed by atoms with E-state index in [2.05, 4.69) is 10.4 Å². The Hall–Kier alpha value is -3.87. The van der Waals surface area contributed by atoms with E-state index in [4.69, 9.17) is 4.74 Å². The predicted molar refractivity (Wildman–Crippen MR) is 112 cm³/mol. The van der Waals surface area contributed by atoms with Crippen molar-refractivity contribution in [2.75, 3.05) is 13.7 Å². The zero-order chi connectivity index (χ0) is 20.9. The second kappa shape index (κ2) is 8.65. The average Bonchev–Trinajstić information content (AvgIpc) is 3.44. The quantitative estimate of drug-likeness (QED) is 0.510. The molecule has 0 bridgehead atoms. The molecule has 30 heavy (non-hydrogen) atoms. The Balaban J connectivity index is 1.54. The third kappa shape index (κ3) is 4.10. The number of hydrogen-bond donors (Lipinski definition) is 1. The largest absolute Gasteiger partial charge is 0.497 e. The van der Waals surface area contributed by atoms with Crippen molar-refractivity contribution < 1.29 is 13.9 Å². The zero-order valence-corrected chi connectivity index (χ0v) is 16.5. The van der Waals surface area contributed by atoms with Gasteiger partial charge in [0.2, 0.25) is 0 Å². The maximum Gasteiger partial charge on any atom is 0.256 e. The van der Waals surface area contributed by atoms with Crippen LogP contribution in [0.2, 0.25) is 0 Å². The second-order valence-corrected chi connectivity index (χ2v) is 6.71. The first-order chi connectivity index (χ1) is 14.7. The molecule has 2 heterocycles. The lowest BCUT2D eigenvalue weighted by atomic mass is 10.1. The monoisotopic (exact) mass is 404 g/mol. The molecule has 0 atom stereocenters. The smallest absolute Gasteiger partial charge is 0.256 e. The summed E-state index contributed by atoms with van der Waals surface area (Å²) in [5.74, 6) is 0.839. The van der Waals surface area contributed by atoms with E-state index in [9.17, 15) is 9.18 Å². The van der Waals surface area contributed by atoms with Crippen LogP contribution in [0.3, 0.4) is 0 Å². The molecule has 0 saturated heterocycles. The molecule has 0 spiro atoms. The summed E-state index contributed by atoms with van der Waals surface area (Å²) < 4.78 is 21.9. The minimum atomic E-state index is -0.329. The predicted octanol–water partition coefficient (Wildman–Crippen LogP) is 3.78. The summed E-state index contributed by atoms with van der Waals surface area (Å²) in [5.41, 5.74) is 2.20. The van der Waals surface area contributed by atoms with Crippen LogP contribution in [0.25, 0.3) is 11.5 Å². The Morgan fingerprint density at radius 3 is 2.43 bits per heavy atom. The normalized spacial score (nSPS) is 10.7. The van der Waals surface area contributed by atoms with Crippen molar-refractivity contribution >= 4 is 5.91 Å². The molecule has 0 fully saturated rings. The summed E-state index contributed by atoms with van der Waals surface area (Å²) in [7, 11) is 1.63. The van der Waals surface area contributed by atoms with Crippen LogP contribution in [0.4, 0.5) is 4.39 Å². The lowest BCUT2D eigenvalue weighted by molar-refractivity contribution is 0.0954. The summed E-state index contributed by atoms with van der Waals surface area (Å²) in [5, 5.41) is 7.33. The maximum atomic E-state index is 13.3. The molecule has 1 amide bonds. The van der Waals surface area contributed by atoms with Crippen molar-refractivity contribution in [1.82, 2.24) is 19.7 Å².